The van der Waals surface area contributed by atoms with Crippen LogP contribution in [0.3, 0.4) is 0 Å². The minimum absolute atomic E-state index is 0.239. The summed E-state index contributed by atoms with van der Waals surface area (Å²) in [6.07, 6.45) is 5.29. The van der Waals surface area contributed by atoms with Crippen LogP contribution in [-0.4, -0.2) is 83.5 Å². The molecule has 0 radical (unpaired) electrons. The highest BCUT2D eigenvalue weighted by molar-refractivity contribution is 5.78. The fourth-order valence-corrected chi connectivity index (χ4v) is 3.75. The number of nitrogens with zero attached hydrogens (tertiary/aromatic N) is 3. The summed E-state index contributed by atoms with van der Waals surface area (Å²) in [5.74, 6) is -0.0951. The number of carboxylic acid groups (broad SMARTS) is 1. The third kappa shape index (κ3) is 3.79. The van der Waals surface area contributed by atoms with Gasteiger partial charge in [-0.3, -0.25) is 19.4 Å². The Morgan fingerprint density at radius 3 is 2.32 bits per heavy atom. The van der Waals surface area contributed by atoms with Gasteiger partial charge in [-0.05, 0) is 44.6 Å². The number of likely N-dealkylation sites (tertiary alicyclic amines) is 1. The normalized spacial score (nSPS) is 25.9. The summed E-state index contributed by atoms with van der Waals surface area (Å²) in [4.78, 5) is 30.0. The van der Waals surface area contributed by atoms with Crippen molar-refractivity contribution in [3.63, 3.8) is 0 Å². The molecule has 22 heavy (non-hydrogen) atoms. The Balaban J connectivity index is 1.50. The van der Waals surface area contributed by atoms with E-state index in [1.54, 1.807) is 0 Å². The predicted molar refractivity (Wildman–Crippen MR) is 82.6 cm³/mol. The standard InChI is InChI=1S/C16H27N3O3/c20-14(18-7-1-2-8-18)12-17-6-3-9-19(11-10-17)15(16(21)22)13-4-5-13/h13,15H,1-12H2,(H,21,22). The number of amides is 1. The van der Waals surface area contributed by atoms with Gasteiger partial charge >= 0.3 is 5.97 Å². The zero-order valence-electron chi connectivity index (χ0n) is 13.2. The van der Waals surface area contributed by atoms with Gasteiger partial charge in [0.05, 0.1) is 6.54 Å². The molecule has 0 aromatic rings. The Kier molecular flexibility index (Phi) is 4.98. The van der Waals surface area contributed by atoms with Gasteiger partial charge in [-0.15, -0.1) is 0 Å². The Hall–Kier alpha value is -1.14. The number of hydrogen-bond acceptors (Lipinski definition) is 4. The predicted octanol–water partition coefficient (Wildman–Crippen LogP) is 0.480. The van der Waals surface area contributed by atoms with Gasteiger partial charge < -0.3 is 10.0 Å². The molecular formula is C16H27N3O3. The van der Waals surface area contributed by atoms with Gasteiger partial charge in [-0.25, -0.2) is 0 Å². The molecule has 0 aromatic carbocycles. The van der Waals surface area contributed by atoms with Crippen LogP contribution in [-0.2, 0) is 9.59 Å². The van der Waals surface area contributed by atoms with Crippen LogP contribution < -0.4 is 0 Å². The third-order valence-electron chi connectivity index (χ3n) is 5.16. The second-order valence-corrected chi connectivity index (χ2v) is 6.87. The lowest BCUT2D eigenvalue weighted by molar-refractivity contribution is -0.144. The lowest BCUT2D eigenvalue weighted by Gasteiger charge is -2.27. The van der Waals surface area contributed by atoms with Gasteiger partial charge in [-0.1, -0.05) is 0 Å². The summed E-state index contributed by atoms with van der Waals surface area (Å²) in [5, 5.41) is 9.47. The first-order valence-electron chi connectivity index (χ1n) is 8.62. The van der Waals surface area contributed by atoms with Crippen molar-refractivity contribution in [1.29, 1.82) is 0 Å². The van der Waals surface area contributed by atoms with E-state index in [9.17, 15) is 14.7 Å². The van der Waals surface area contributed by atoms with Gasteiger partial charge in [0.15, 0.2) is 0 Å². The van der Waals surface area contributed by atoms with Crippen LogP contribution in [0.15, 0.2) is 0 Å². The SMILES string of the molecule is O=C(O)C(C1CC1)N1CCCN(CC(=O)N2CCCC2)CC1. The van der Waals surface area contributed by atoms with E-state index in [-0.39, 0.29) is 11.9 Å². The molecule has 0 bridgehead atoms. The zero-order chi connectivity index (χ0) is 15.5. The molecule has 3 rings (SSSR count). The van der Waals surface area contributed by atoms with Crippen molar-refractivity contribution in [2.75, 3.05) is 45.8 Å². The molecule has 0 spiro atoms. The lowest BCUT2D eigenvalue weighted by atomic mass is 10.1. The summed E-state index contributed by atoms with van der Waals surface area (Å²) in [6, 6.07) is -0.311. The van der Waals surface area contributed by atoms with Crippen molar-refractivity contribution < 1.29 is 14.7 Å². The number of carbonyl (C=O) groups excluding carboxylic acids is 1. The van der Waals surface area contributed by atoms with Gasteiger partial charge in [0.25, 0.3) is 0 Å². The van der Waals surface area contributed by atoms with Gasteiger partial charge in [-0.2, -0.15) is 0 Å². The zero-order valence-corrected chi connectivity index (χ0v) is 13.2. The smallest absolute Gasteiger partial charge is 0.321 e. The fourth-order valence-electron chi connectivity index (χ4n) is 3.75. The summed E-state index contributed by atoms with van der Waals surface area (Å²) in [6.45, 7) is 5.60. The molecule has 1 aliphatic carbocycles. The van der Waals surface area contributed by atoms with E-state index in [2.05, 4.69) is 9.80 Å². The quantitative estimate of drug-likeness (QED) is 0.800. The van der Waals surface area contributed by atoms with Crippen LogP contribution in [0.2, 0.25) is 0 Å². The fraction of sp³-hybridized carbons (Fsp3) is 0.875. The van der Waals surface area contributed by atoms with Crippen molar-refractivity contribution in [1.82, 2.24) is 14.7 Å². The largest absolute Gasteiger partial charge is 0.480 e. The topological polar surface area (TPSA) is 64.1 Å². The highest BCUT2D eigenvalue weighted by Crippen LogP contribution is 2.35. The van der Waals surface area contributed by atoms with Crippen molar-refractivity contribution in [2.24, 2.45) is 5.92 Å². The molecular weight excluding hydrogens is 282 g/mol. The average Bonchev–Trinajstić information content (AvgIpc) is 3.20. The van der Waals surface area contributed by atoms with E-state index in [0.717, 1.165) is 71.4 Å². The van der Waals surface area contributed by atoms with E-state index in [1.165, 1.54) is 0 Å². The van der Waals surface area contributed by atoms with Crippen LogP contribution in [0.5, 0.6) is 0 Å². The summed E-state index contributed by atoms with van der Waals surface area (Å²) in [7, 11) is 0. The first-order chi connectivity index (χ1) is 10.6. The number of carbonyl (C=O) groups is 2. The minimum atomic E-state index is -0.677. The van der Waals surface area contributed by atoms with E-state index in [4.69, 9.17) is 0 Å². The van der Waals surface area contributed by atoms with Gasteiger partial charge in [0, 0.05) is 32.7 Å². The van der Waals surface area contributed by atoms with E-state index < -0.39 is 5.97 Å². The Morgan fingerprint density at radius 1 is 0.955 bits per heavy atom. The van der Waals surface area contributed by atoms with Crippen LogP contribution in [0.4, 0.5) is 0 Å². The molecule has 3 aliphatic rings. The molecule has 3 fully saturated rings. The maximum absolute atomic E-state index is 12.2. The number of carboxylic acids is 1. The Bertz CT molecular complexity index is 419. The first kappa shape index (κ1) is 15.7. The van der Waals surface area contributed by atoms with Crippen LogP contribution in [0.1, 0.15) is 32.1 Å². The van der Waals surface area contributed by atoms with E-state index >= 15 is 0 Å². The van der Waals surface area contributed by atoms with Crippen molar-refractivity contribution in [3.8, 4) is 0 Å². The van der Waals surface area contributed by atoms with Crippen LogP contribution >= 0.6 is 0 Å². The van der Waals surface area contributed by atoms with E-state index in [0.29, 0.717) is 12.5 Å². The lowest BCUT2D eigenvalue weighted by Crippen LogP contribution is -2.45. The summed E-state index contributed by atoms with van der Waals surface area (Å²) in [5.41, 5.74) is 0. The average molecular weight is 309 g/mol. The number of hydrogen-bond donors (Lipinski definition) is 1. The van der Waals surface area contributed by atoms with Crippen LogP contribution in [0, 0.1) is 5.92 Å². The molecule has 2 saturated heterocycles. The maximum atomic E-state index is 12.2. The molecule has 2 heterocycles. The van der Waals surface area contributed by atoms with Gasteiger partial charge in [0.1, 0.15) is 6.04 Å². The van der Waals surface area contributed by atoms with Crippen LogP contribution in [0.25, 0.3) is 0 Å². The molecule has 1 amide bonds. The van der Waals surface area contributed by atoms with Crippen molar-refractivity contribution >= 4 is 11.9 Å². The molecule has 124 valence electrons. The first-order valence-corrected chi connectivity index (χ1v) is 8.62. The second kappa shape index (κ2) is 6.96. The molecule has 1 saturated carbocycles. The highest BCUT2D eigenvalue weighted by atomic mass is 16.4. The molecule has 2 aliphatic heterocycles. The molecule has 6 nitrogen and oxygen atoms in total. The number of aliphatic carboxylic acids is 1. The molecule has 1 atom stereocenters. The van der Waals surface area contributed by atoms with E-state index in [1.807, 2.05) is 4.90 Å². The monoisotopic (exact) mass is 309 g/mol. The molecule has 1 unspecified atom stereocenters. The number of rotatable bonds is 5. The van der Waals surface area contributed by atoms with Crippen molar-refractivity contribution in [3.05, 3.63) is 0 Å². The third-order valence-corrected chi connectivity index (χ3v) is 5.16. The van der Waals surface area contributed by atoms with Gasteiger partial charge in [0.2, 0.25) is 5.91 Å². The highest BCUT2D eigenvalue weighted by Gasteiger charge is 2.40. The molecule has 1 N–H and O–H groups in total. The molecule has 6 heteroatoms. The van der Waals surface area contributed by atoms with Crippen molar-refractivity contribution in [2.45, 2.75) is 38.1 Å². The maximum Gasteiger partial charge on any atom is 0.321 e. The summed E-state index contributed by atoms with van der Waals surface area (Å²) >= 11 is 0. The Labute approximate surface area is 132 Å². The Morgan fingerprint density at radius 2 is 1.68 bits per heavy atom. The minimum Gasteiger partial charge on any atom is -0.480 e. The molecule has 0 aromatic heterocycles. The second-order valence-electron chi connectivity index (χ2n) is 6.87. The summed E-state index contributed by atoms with van der Waals surface area (Å²) < 4.78 is 0.